The first-order valence-electron chi connectivity index (χ1n) is 4.92. The number of halogens is 2. The maximum absolute atomic E-state index is 13.2. The van der Waals surface area contributed by atoms with Crippen molar-refractivity contribution in [3.05, 3.63) is 54.0 Å². The number of benzene rings is 1. The van der Waals surface area contributed by atoms with Crippen molar-refractivity contribution in [2.75, 3.05) is 5.32 Å². The lowest BCUT2D eigenvalue weighted by Crippen LogP contribution is -2.15. The van der Waals surface area contributed by atoms with Crippen LogP contribution in [-0.4, -0.2) is 5.91 Å². The van der Waals surface area contributed by atoms with Crippen molar-refractivity contribution in [1.29, 1.82) is 0 Å². The molecule has 0 saturated carbocycles. The molecule has 1 N–H and O–H groups in total. The third-order valence-corrected chi connectivity index (χ3v) is 2.12. The number of anilines is 1. The Morgan fingerprint density at radius 2 is 2.12 bits per heavy atom. The zero-order valence-corrected chi connectivity index (χ0v) is 8.74. The minimum Gasteiger partial charge on any atom is -0.469 e. The third kappa shape index (κ3) is 2.90. The van der Waals surface area contributed by atoms with E-state index in [1.165, 1.54) is 12.3 Å². The van der Waals surface area contributed by atoms with Crippen LogP contribution >= 0.6 is 0 Å². The van der Waals surface area contributed by atoms with Gasteiger partial charge in [-0.1, -0.05) is 0 Å². The maximum Gasteiger partial charge on any atom is 0.232 e. The Labute approximate surface area is 96.1 Å². The molecule has 1 heterocycles. The van der Waals surface area contributed by atoms with Crippen molar-refractivity contribution in [2.45, 2.75) is 6.42 Å². The van der Waals surface area contributed by atoms with E-state index >= 15 is 0 Å². The fourth-order valence-electron chi connectivity index (χ4n) is 1.36. The summed E-state index contributed by atoms with van der Waals surface area (Å²) in [6, 6.07) is 6.25. The van der Waals surface area contributed by atoms with Crippen LogP contribution in [0, 0.1) is 11.6 Å². The molecular weight excluding hydrogens is 228 g/mol. The number of furan rings is 1. The van der Waals surface area contributed by atoms with Gasteiger partial charge in [0.2, 0.25) is 5.91 Å². The summed E-state index contributed by atoms with van der Waals surface area (Å²) in [5.41, 5.74) is -0.0528. The number of amides is 1. The lowest BCUT2D eigenvalue weighted by atomic mass is 10.2. The number of hydrogen-bond donors (Lipinski definition) is 1. The minimum absolute atomic E-state index is 0.00379. The van der Waals surface area contributed by atoms with Gasteiger partial charge in [-0.25, -0.2) is 8.78 Å². The van der Waals surface area contributed by atoms with E-state index in [4.69, 9.17) is 4.42 Å². The predicted octanol–water partition coefficient (Wildman–Crippen LogP) is 2.74. The normalized spacial score (nSPS) is 10.2. The molecule has 0 atom stereocenters. The largest absolute Gasteiger partial charge is 0.469 e. The zero-order chi connectivity index (χ0) is 12.3. The Morgan fingerprint density at radius 3 is 2.76 bits per heavy atom. The van der Waals surface area contributed by atoms with E-state index in [2.05, 4.69) is 5.32 Å². The third-order valence-electron chi connectivity index (χ3n) is 2.12. The molecular formula is C12H9F2NO2. The molecule has 0 saturated heterocycles. The van der Waals surface area contributed by atoms with Crippen LogP contribution in [0.25, 0.3) is 0 Å². The van der Waals surface area contributed by atoms with E-state index in [0.717, 1.165) is 6.07 Å². The van der Waals surface area contributed by atoms with Crippen LogP contribution in [0.4, 0.5) is 14.5 Å². The van der Waals surface area contributed by atoms with Gasteiger partial charge in [0, 0.05) is 6.07 Å². The summed E-state index contributed by atoms with van der Waals surface area (Å²) in [5, 5.41) is 2.34. The van der Waals surface area contributed by atoms with Gasteiger partial charge in [-0.3, -0.25) is 4.79 Å². The average Bonchev–Trinajstić information content (AvgIpc) is 2.75. The van der Waals surface area contributed by atoms with Crippen molar-refractivity contribution >= 4 is 11.6 Å². The van der Waals surface area contributed by atoms with E-state index in [1.807, 2.05) is 0 Å². The predicted molar refractivity (Wildman–Crippen MR) is 57.4 cm³/mol. The Kier molecular flexibility index (Phi) is 3.18. The molecule has 5 heteroatoms. The van der Waals surface area contributed by atoms with Gasteiger partial charge in [-0.2, -0.15) is 0 Å². The summed E-state index contributed by atoms with van der Waals surface area (Å²) in [7, 11) is 0. The molecule has 88 valence electrons. The van der Waals surface area contributed by atoms with Gasteiger partial charge in [0.1, 0.15) is 17.4 Å². The summed E-state index contributed by atoms with van der Waals surface area (Å²) in [6.07, 6.45) is 1.45. The fraction of sp³-hybridized carbons (Fsp3) is 0.0833. The smallest absolute Gasteiger partial charge is 0.232 e. The Bertz CT molecular complexity index is 523. The van der Waals surface area contributed by atoms with Crippen LogP contribution in [-0.2, 0) is 11.2 Å². The van der Waals surface area contributed by atoms with Crippen LogP contribution in [0.5, 0.6) is 0 Å². The van der Waals surface area contributed by atoms with Gasteiger partial charge in [0.15, 0.2) is 0 Å². The van der Waals surface area contributed by atoms with Gasteiger partial charge in [0.05, 0.1) is 18.4 Å². The van der Waals surface area contributed by atoms with Crippen molar-refractivity contribution in [2.24, 2.45) is 0 Å². The minimum atomic E-state index is -0.808. The number of carbonyl (C=O) groups is 1. The molecule has 0 aliphatic rings. The molecule has 0 spiro atoms. The first-order valence-corrected chi connectivity index (χ1v) is 4.92. The number of hydrogen-bond acceptors (Lipinski definition) is 2. The lowest BCUT2D eigenvalue weighted by molar-refractivity contribution is -0.115. The van der Waals surface area contributed by atoms with Crippen LogP contribution in [0.2, 0.25) is 0 Å². The number of rotatable bonds is 3. The summed E-state index contributed by atoms with van der Waals surface area (Å²) in [4.78, 5) is 11.5. The lowest BCUT2D eigenvalue weighted by Gasteiger charge is -2.05. The van der Waals surface area contributed by atoms with Gasteiger partial charge >= 0.3 is 0 Å². The highest BCUT2D eigenvalue weighted by Gasteiger charge is 2.09. The SMILES string of the molecule is O=C(Cc1ccco1)Nc1ccc(F)cc1F. The highest BCUT2D eigenvalue weighted by molar-refractivity contribution is 5.92. The van der Waals surface area contributed by atoms with E-state index < -0.39 is 17.5 Å². The summed E-state index contributed by atoms with van der Waals surface area (Å²) >= 11 is 0. The Morgan fingerprint density at radius 1 is 1.29 bits per heavy atom. The first-order chi connectivity index (χ1) is 8.15. The standard InChI is InChI=1S/C12H9F2NO2/c13-8-3-4-11(10(14)6-8)15-12(16)7-9-2-1-5-17-9/h1-6H,7H2,(H,15,16). The molecule has 0 unspecified atom stereocenters. The van der Waals surface area contributed by atoms with Gasteiger partial charge in [-0.15, -0.1) is 0 Å². The second-order valence-corrected chi connectivity index (χ2v) is 3.43. The second kappa shape index (κ2) is 4.78. The average molecular weight is 237 g/mol. The molecule has 1 amide bonds. The second-order valence-electron chi connectivity index (χ2n) is 3.43. The van der Waals surface area contributed by atoms with E-state index in [-0.39, 0.29) is 12.1 Å². The molecule has 3 nitrogen and oxygen atoms in total. The molecule has 1 aromatic heterocycles. The summed E-state index contributed by atoms with van der Waals surface area (Å²) in [5.74, 6) is -1.44. The first kappa shape index (κ1) is 11.3. The van der Waals surface area contributed by atoms with Gasteiger partial charge in [-0.05, 0) is 24.3 Å². The summed E-state index contributed by atoms with van der Waals surface area (Å²) < 4.78 is 30.8. The highest BCUT2D eigenvalue weighted by Crippen LogP contribution is 2.15. The van der Waals surface area contributed by atoms with E-state index in [0.29, 0.717) is 11.8 Å². The van der Waals surface area contributed by atoms with Crippen molar-refractivity contribution < 1.29 is 18.0 Å². The van der Waals surface area contributed by atoms with E-state index in [1.54, 1.807) is 12.1 Å². The molecule has 0 aliphatic heterocycles. The van der Waals surface area contributed by atoms with Gasteiger partial charge < -0.3 is 9.73 Å². The van der Waals surface area contributed by atoms with Crippen LogP contribution in [0.3, 0.4) is 0 Å². The monoisotopic (exact) mass is 237 g/mol. The summed E-state index contributed by atoms with van der Waals surface area (Å²) in [6.45, 7) is 0. The van der Waals surface area contributed by atoms with Crippen LogP contribution < -0.4 is 5.32 Å². The molecule has 2 aromatic rings. The Hall–Kier alpha value is -2.17. The van der Waals surface area contributed by atoms with Crippen molar-refractivity contribution in [3.8, 4) is 0 Å². The molecule has 2 rings (SSSR count). The molecule has 17 heavy (non-hydrogen) atoms. The molecule has 0 radical (unpaired) electrons. The topological polar surface area (TPSA) is 42.2 Å². The van der Waals surface area contributed by atoms with Crippen molar-refractivity contribution in [1.82, 2.24) is 0 Å². The molecule has 0 fully saturated rings. The van der Waals surface area contributed by atoms with Crippen LogP contribution in [0.1, 0.15) is 5.76 Å². The molecule has 1 aromatic carbocycles. The van der Waals surface area contributed by atoms with E-state index in [9.17, 15) is 13.6 Å². The van der Waals surface area contributed by atoms with Crippen LogP contribution in [0.15, 0.2) is 41.0 Å². The number of nitrogens with one attached hydrogen (secondary N) is 1. The molecule has 0 bridgehead atoms. The maximum atomic E-state index is 13.2. The van der Waals surface area contributed by atoms with Gasteiger partial charge in [0.25, 0.3) is 0 Å². The number of carbonyl (C=O) groups excluding carboxylic acids is 1. The Balaban J connectivity index is 2.03. The highest BCUT2D eigenvalue weighted by atomic mass is 19.1. The zero-order valence-electron chi connectivity index (χ0n) is 8.74. The fourth-order valence-corrected chi connectivity index (χ4v) is 1.36. The van der Waals surface area contributed by atoms with Crippen molar-refractivity contribution in [3.63, 3.8) is 0 Å². The molecule has 0 aliphatic carbocycles. The quantitative estimate of drug-likeness (QED) is 0.891.